The van der Waals surface area contributed by atoms with E-state index in [-0.39, 0.29) is 0 Å². The molecule has 0 atom stereocenters. The molecule has 0 spiro atoms. The van der Waals surface area contributed by atoms with Crippen molar-refractivity contribution in [2.24, 2.45) is 0 Å². The van der Waals surface area contributed by atoms with E-state index in [1.807, 2.05) is 24.2 Å². The zero-order valence-electron chi connectivity index (χ0n) is 10.3. The topological polar surface area (TPSA) is 24.9 Å². The van der Waals surface area contributed by atoms with E-state index in [2.05, 4.69) is 29.5 Å². The lowest BCUT2D eigenvalue weighted by atomic mass is 10.2. The highest BCUT2D eigenvalue weighted by Gasteiger charge is 1.94. The molecule has 3 heteroatoms. The van der Waals surface area contributed by atoms with Gasteiger partial charge in [-0.25, -0.2) is 0 Å². The standard InChI is InChI=1S/C13H22N2S/c1-12-8-13(11-15-9-12)10-14-6-4-3-5-7-16-2/h8-9,11,14H,3-7,10H2,1-2H3. The summed E-state index contributed by atoms with van der Waals surface area (Å²) < 4.78 is 0. The molecule has 0 bridgehead atoms. The van der Waals surface area contributed by atoms with Gasteiger partial charge in [0.15, 0.2) is 0 Å². The van der Waals surface area contributed by atoms with E-state index in [1.165, 1.54) is 36.1 Å². The van der Waals surface area contributed by atoms with Crippen LogP contribution >= 0.6 is 11.8 Å². The summed E-state index contributed by atoms with van der Waals surface area (Å²) in [4.78, 5) is 4.18. The molecule has 1 heterocycles. The van der Waals surface area contributed by atoms with Gasteiger partial charge >= 0.3 is 0 Å². The first kappa shape index (κ1) is 13.5. The predicted octanol–water partition coefficient (Wildman–Crippen LogP) is 3.01. The first-order chi connectivity index (χ1) is 7.83. The van der Waals surface area contributed by atoms with E-state index < -0.39 is 0 Å². The van der Waals surface area contributed by atoms with Gasteiger partial charge in [-0.1, -0.05) is 12.5 Å². The van der Waals surface area contributed by atoms with Crippen molar-refractivity contribution in [3.8, 4) is 0 Å². The maximum Gasteiger partial charge on any atom is 0.0313 e. The number of hydrogen-bond acceptors (Lipinski definition) is 3. The van der Waals surface area contributed by atoms with Gasteiger partial charge in [-0.15, -0.1) is 0 Å². The molecular weight excluding hydrogens is 216 g/mol. The number of nitrogens with zero attached hydrogens (tertiary/aromatic N) is 1. The van der Waals surface area contributed by atoms with Crippen molar-refractivity contribution in [2.45, 2.75) is 32.7 Å². The minimum Gasteiger partial charge on any atom is -0.313 e. The summed E-state index contributed by atoms with van der Waals surface area (Å²) in [5.74, 6) is 1.29. The van der Waals surface area contributed by atoms with Crippen LogP contribution < -0.4 is 5.32 Å². The number of pyridine rings is 1. The van der Waals surface area contributed by atoms with Crippen molar-refractivity contribution >= 4 is 11.8 Å². The van der Waals surface area contributed by atoms with E-state index in [4.69, 9.17) is 0 Å². The maximum atomic E-state index is 4.18. The molecule has 1 N–H and O–H groups in total. The van der Waals surface area contributed by atoms with Crippen molar-refractivity contribution < 1.29 is 0 Å². The molecule has 1 rings (SSSR count). The third-order valence-corrected chi connectivity index (χ3v) is 3.16. The third kappa shape index (κ3) is 6.13. The molecule has 0 saturated carbocycles. The molecule has 16 heavy (non-hydrogen) atoms. The third-order valence-electron chi connectivity index (χ3n) is 2.46. The summed E-state index contributed by atoms with van der Waals surface area (Å²) >= 11 is 1.94. The van der Waals surface area contributed by atoms with Gasteiger partial charge in [0.05, 0.1) is 0 Å². The molecule has 0 aliphatic heterocycles. The predicted molar refractivity (Wildman–Crippen MR) is 72.9 cm³/mol. The van der Waals surface area contributed by atoms with E-state index in [9.17, 15) is 0 Å². The Kier molecular flexibility index (Phi) is 7.26. The Morgan fingerprint density at radius 3 is 2.88 bits per heavy atom. The van der Waals surface area contributed by atoms with Gasteiger partial charge in [0, 0.05) is 18.9 Å². The van der Waals surface area contributed by atoms with E-state index in [0.29, 0.717) is 0 Å². The first-order valence-electron chi connectivity index (χ1n) is 5.93. The van der Waals surface area contributed by atoms with E-state index in [1.54, 1.807) is 0 Å². The number of thioether (sulfide) groups is 1. The van der Waals surface area contributed by atoms with Crippen LogP contribution in [0, 0.1) is 6.92 Å². The Hall–Kier alpha value is -0.540. The van der Waals surface area contributed by atoms with Crippen molar-refractivity contribution in [3.63, 3.8) is 0 Å². The lowest BCUT2D eigenvalue weighted by Gasteiger charge is -2.05. The summed E-state index contributed by atoms with van der Waals surface area (Å²) in [7, 11) is 0. The van der Waals surface area contributed by atoms with Crippen molar-refractivity contribution in [2.75, 3.05) is 18.6 Å². The van der Waals surface area contributed by atoms with Gasteiger partial charge < -0.3 is 5.32 Å². The second-order valence-electron chi connectivity index (χ2n) is 4.10. The highest BCUT2D eigenvalue weighted by atomic mass is 32.2. The SMILES string of the molecule is CSCCCCCNCc1cncc(C)c1. The molecule has 0 unspecified atom stereocenters. The van der Waals surface area contributed by atoms with Crippen molar-refractivity contribution in [1.29, 1.82) is 0 Å². The number of aryl methyl sites for hydroxylation is 1. The summed E-state index contributed by atoms with van der Waals surface area (Å²) in [5, 5.41) is 3.46. The summed E-state index contributed by atoms with van der Waals surface area (Å²) in [6, 6.07) is 2.19. The molecule has 90 valence electrons. The number of rotatable bonds is 8. The number of nitrogens with one attached hydrogen (secondary N) is 1. The zero-order chi connectivity index (χ0) is 11.6. The largest absolute Gasteiger partial charge is 0.313 e. The summed E-state index contributed by atoms with van der Waals surface area (Å²) in [6.07, 6.45) is 9.96. The summed E-state index contributed by atoms with van der Waals surface area (Å²) in [6.45, 7) is 4.14. The van der Waals surface area contributed by atoms with Crippen LogP contribution in [0.2, 0.25) is 0 Å². The van der Waals surface area contributed by atoms with E-state index in [0.717, 1.165) is 13.1 Å². The molecule has 0 radical (unpaired) electrons. The van der Waals surface area contributed by atoms with Crippen LogP contribution in [0.15, 0.2) is 18.5 Å². The maximum absolute atomic E-state index is 4.18. The molecule has 1 aromatic heterocycles. The van der Waals surface area contributed by atoms with Gasteiger partial charge in [0.25, 0.3) is 0 Å². The molecule has 0 aromatic carbocycles. The first-order valence-corrected chi connectivity index (χ1v) is 7.32. The molecular formula is C13H22N2S. The smallest absolute Gasteiger partial charge is 0.0313 e. The van der Waals surface area contributed by atoms with Crippen LogP contribution in [0.25, 0.3) is 0 Å². The zero-order valence-corrected chi connectivity index (χ0v) is 11.1. The van der Waals surface area contributed by atoms with Gasteiger partial charge in [0.2, 0.25) is 0 Å². The quantitative estimate of drug-likeness (QED) is 0.705. The second kappa shape index (κ2) is 8.59. The van der Waals surface area contributed by atoms with Crippen LogP contribution in [0.4, 0.5) is 0 Å². The Morgan fingerprint density at radius 2 is 2.12 bits per heavy atom. The summed E-state index contributed by atoms with van der Waals surface area (Å²) in [5.41, 5.74) is 2.52. The Bertz CT molecular complexity index is 289. The molecule has 0 aliphatic carbocycles. The van der Waals surface area contributed by atoms with Crippen LogP contribution in [0.3, 0.4) is 0 Å². The van der Waals surface area contributed by atoms with Gasteiger partial charge in [0.1, 0.15) is 0 Å². The van der Waals surface area contributed by atoms with Gasteiger partial charge in [-0.3, -0.25) is 4.98 Å². The van der Waals surface area contributed by atoms with Crippen LogP contribution in [-0.2, 0) is 6.54 Å². The average molecular weight is 238 g/mol. The lowest BCUT2D eigenvalue weighted by Crippen LogP contribution is -2.14. The lowest BCUT2D eigenvalue weighted by molar-refractivity contribution is 0.617. The number of hydrogen-bond donors (Lipinski definition) is 1. The minimum absolute atomic E-state index is 0.942. The average Bonchev–Trinajstić information content (AvgIpc) is 2.28. The molecule has 0 aliphatic rings. The fraction of sp³-hybridized carbons (Fsp3) is 0.615. The fourth-order valence-corrected chi connectivity index (χ4v) is 2.11. The second-order valence-corrected chi connectivity index (χ2v) is 5.09. The Morgan fingerprint density at radius 1 is 1.25 bits per heavy atom. The fourth-order valence-electron chi connectivity index (χ4n) is 1.62. The number of unbranched alkanes of at least 4 members (excludes halogenated alkanes) is 2. The molecule has 1 aromatic rings. The Balaban J connectivity index is 2.03. The van der Waals surface area contributed by atoms with Crippen LogP contribution in [-0.4, -0.2) is 23.5 Å². The van der Waals surface area contributed by atoms with Gasteiger partial charge in [-0.05, 0) is 49.4 Å². The highest BCUT2D eigenvalue weighted by molar-refractivity contribution is 7.98. The minimum atomic E-state index is 0.942. The molecule has 0 amide bonds. The number of aromatic nitrogens is 1. The van der Waals surface area contributed by atoms with Crippen molar-refractivity contribution in [1.82, 2.24) is 10.3 Å². The highest BCUT2D eigenvalue weighted by Crippen LogP contribution is 2.02. The van der Waals surface area contributed by atoms with E-state index >= 15 is 0 Å². The normalized spacial score (nSPS) is 10.6. The van der Waals surface area contributed by atoms with Gasteiger partial charge in [-0.2, -0.15) is 11.8 Å². The monoisotopic (exact) mass is 238 g/mol. The van der Waals surface area contributed by atoms with Crippen molar-refractivity contribution in [3.05, 3.63) is 29.6 Å². The molecule has 2 nitrogen and oxygen atoms in total. The van der Waals surface area contributed by atoms with Crippen LogP contribution in [0.1, 0.15) is 30.4 Å². The molecule has 0 fully saturated rings. The molecule has 0 saturated heterocycles. The Labute approximate surface area is 103 Å². The van der Waals surface area contributed by atoms with Crippen LogP contribution in [0.5, 0.6) is 0 Å².